The van der Waals surface area contributed by atoms with E-state index >= 15 is 0 Å². The summed E-state index contributed by atoms with van der Waals surface area (Å²) in [5.74, 6) is 0. The van der Waals surface area contributed by atoms with Crippen molar-refractivity contribution >= 4 is 66.4 Å². The smallest absolute Gasteiger partial charge is 0.0269 e. The molecule has 0 aromatic heterocycles. The molecule has 0 aliphatic carbocycles. The molecule has 0 amide bonds. The topological polar surface area (TPSA) is 0 Å². The first kappa shape index (κ1) is 15.0. The number of hydrogen-bond acceptors (Lipinski definition) is 0. The molecule has 3 aliphatic rings. The number of rotatable bonds is 3. The zero-order valence-corrected chi connectivity index (χ0v) is 17.9. The standard InChI is InChI=1S/C16H12Si6/c1-2-4-12(5-3-1)6-7-13-8-10-14(11-9-13)16-20-17-15(18-21-16)19-22-16/h1-11,15H/b7-6+. The van der Waals surface area contributed by atoms with E-state index in [2.05, 4.69) is 66.7 Å². The summed E-state index contributed by atoms with van der Waals surface area (Å²) < 4.78 is 0.631. The lowest BCUT2D eigenvalue weighted by molar-refractivity contribution is 1.20. The molecule has 0 atom stereocenters. The van der Waals surface area contributed by atoms with Gasteiger partial charge in [0.2, 0.25) is 0 Å². The lowest BCUT2D eigenvalue weighted by atomic mass is 10.1. The first-order valence-corrected chi connectivity index (χ1v) is 16.5. The first-order chi connectivity index (χ1) is 10.8. The van der Waals surface area contributed by atoms with Crippen molar-refractivity contribution in [2.24, 2.45) is 0 Å². The van der Waals surface area contributed by atoms with Crippen LogP contribution in [0.5, 0.6) is 0 Å². The normalized spacial score (nSPS) is 27.4. The Balaban J connectivity index is 1.52. The van der Waals surface area contributed by atoms with Gasteiger partial charge in [-0.1, -0.05) is 77.1 Å². The van der Waals surface area contributed by atoms with Gasteiger partial charge in [-0.3, -0.25) is 0 Å². The molecule has 12 radical (unpaired) electrons. The average molecular weight is 373 g/mol. The van der Waals surface area contributed by atoms with E-state index in [4.69, 9.17) is 0 Å². The maximum absolute atomic E-state index is 2.42. The van der Waals surface area contributed by atoms with E-state index in [1.54, 1.807) is 5.56 Å². The third kappa shape index (κ3) is 3.08. The van der Waals surface area contributed by atoms with Crippen molar-refractivity contribution in [3.63, 3.8) is 0 Å². The summed E-state index contributed by atoms with van der Waals surface area (Å²) in [5.41, 5.74) is 4.23. The largest absolute Gasteiger partial charge is 0.0724 e. The second-order valence-corrected chi connectivity index (χ2v) is 19.0. The molecule has 5 rings (SSSR count). The molecule has 2 aromatic rings. The second-order valence-electron chi connectivity index (χ2n) is 5.36. The zero-order chi connectivity index (χ0) is 14.8. The van der Waals surface area contributed by atoms with Crippen LogP contribution in [0.1, 0.15) is 16.7 Å². The van der Waals surface area contributed by atoms with Crippen LogP contribution in [0.2, 0.25) is 4.79 Å². The molecule has 2 aromatic carbocycles. The fraction of sp³-hybridized carbons (Fsp3) is 0.125. The van der Waals surface area contributed by atoms with Gasteiger partial charge in [0.1, 0.15) is 0 Å². The van der Waals surface area contributed by atoms with Crippen molar-refractivity contribution in [1.82, 2.24) is 0 Å². The first-order valence-electron chi connectivity index (χ1n) is 7.26. The Morgan fingerprint density at radius 2 is 1.23 bits per heavy atom. The van der Waals surface area contributed by atoms with Crippen LogP contribution in [0, 0.1) is 0 Å². The van der Waals surface area contributed by atoms with Crippen LogP contribution in [-0.2, 0) is 4.28 Å². The summed E-state index contributed by atoms with van der Waals surface area (Å²) in [4.78, 5) is 1.16. The summed E-state index contributed by atoms with van der Waals surface area (Å²) in [6, 6.07) is 20.0. The van der Waals surface area contributed by atoms with Gasteiger partial charge in [0.15, 0.2) is 0 Å². The molecular weight excluding hydrogens is 361 g/mol. The van der Waals surface area contributed by atoms with Crippen molar-refractivity contribution in [2.45, 2.75) is 9.07 Å². The fourth-order valence-corrected chi connectivity index (χ4v) is 33.1. The SMILES string of the molecule is C(=C\c1ccc(C23[Si][Si]C([Si][Si]2)[Si][Si]3)cc1)/c1ccccc1. The predicted molar refractivity (Wildman–Crippen MR) is 102 cm³/mol. The molecule has 0 nitrogen and oxygen atoms in total. The second kappa shape index (κ2) is 6.54. The van der Waals surface area contributed by atoms with Crippen molar-refractivity contribution in [2.75, 3.05) is 0 Å². The van der Waals surface area contributed by atoms with E-state index in [9.17, 15) is 0 Å². The predicted octanol–water partition coefficient (Wildman–Crippen LogP) is 1.67. The Labute approximate surface area is 146 Å². The van der Waals surface area contributed by atoms with Gasteiger partial charge >= 0.3 is 0 Å². The van der Waals surface area contributed by atoms with Gasteiger partial charge in [-0.25, -0.2) is 0 Å². The number of hydrogen-bond donors (Lipinski definition) is 0. The van der Waals surface area contributed by atoms with Gasteiger partial charge in [-0.15, -0.1) is 0 Å². The third-order valence-electron chi connectivity index (χ3n) is 3.82. The Kier molecular flexibility index (Phi) is 4.47. The van der Waals surface area contributed by atoms with Crippen LogP contribution in [0.3, 0.4) is 0 Å². The molecule has 100 valence electrons. The average Bonchev–Trinajstić information content (AvgIpc) is 2.63. The van der Waals surface area contributed by atoms with E-state index in [1.807, 2.05) is 0 Å². The third-order valence-corrected chi connectivity index (χ3v) is 28.9. The van der Waals surface area contributed by atoms with Crippen molar-refractivity contribution in [3.05, 3.63) is 71.3 Å². The Morgan fingerprint density at radius 1 is 0.682 bits per heavy atom. The van der Waals surface area contributed by atoms with E-state index in [0.29, 0.717) is 4.28 Å². The van der Waals surface area contributed by atoms with E-state index < -0.39 is 0 Å². The van der Waals surface area contributed by atoms with Crippen molar-refractivity contribution < 1.29 is 0 Å². The molecule has 2 bridgehead atoms. The molecule has 3 fully saturated rings. The summed E-state index contributed by atoms with van der Waals surface area (Å²) in [5, 5.41) is 0. The molecule has 0 spiro atoms. The van der Waals surface area contributed by atoms with E-state index in [-0.39, 0.29) is 0 Å². The molecule has 0 N–H and O–H groups in total. The van der Waals surface area contributed by atoms with Crippen LogP contribution in [0.15, 0.2) is 54.6 Å². The highest BCUT2D eigenvalue weighted by atomic mass is 29.3. The molecule has 0 saturated carbocycles. The maximum atomic E-state index is 2.42. The van der Waals surface area contributed by atoms with Gasteiger partial charge in [0, 0.05) is 54.2 Å². The van der Waals surface area contributed by atoms with Crippen LogP contribution in [0.25, 0.3) is 12.2 Å². The Hall–Kier alpha value is -0.519. The zero-order valence-electron chi connectivity index (χ0n) is 11.9. The van der Waals surface area contributed by atoms with Crippen LogP contribution in [-0.4, -0.2) is 54.2 Å². The minimum atomic E-state index is 0.631. The Bertz CT molecular complexity index is 645. The number of fused-ring (bicyclic) bond motifs is 3. The summed E-state index contributed by atoms with van der Waals surface area (Å²) in [6.07, 6.45) is 4.43. The lowest BCUT2D eigenvalue weighted by Gasteiger charge is -2.44. The molecule has 6 heteroatoms. The summed E-state index contributed by atoms with van der Waals surface area (Å²) >= 11 is 0. The van der Waals surface area contributed by atoms with Gasteiger partial charge in [0.05, 0.1) is 0 Å². The highest BCUT2D eigenvalue weighted by molar-refractivity contribution is 7.41. The lowest BCUT2D eigenvalue weighted by Crippen LogP contribution is -2.64. The van der Waals surface area contributed by atoms with E-state index in [0.717, 1.165) is 4.79 Å². The van der Waals surface area contributed by atoms with Crippen molar-refractivity contribution in [1.29, 1.82) is 0 Å². The summed E-state index contributed by atoms with van der Waals surface area (Å²) in [7, 11) is 7.45. The van der Waals surface area contributed by atoms with Crippen LogP contribution >= 0.6 is 0 Å². The van der Waals surface area contributed by atoms with Gasteiger partial charge in [-0.05, 0) is 15.4 Å². The number of benzene rings is 2. The van der Waals surface area contributed by atoms with Crippen LogP contribution < -0.4 is 0 Å². The monoisotopic (exact) mass is 372 g/mol. The maximum Gasteiger partial charge on any atom is 0.0269 e. The van der Waals surface area contributed by atoms with E-state index in [1.165, 1.54) is 65.3 Å². The highest BCUT2D eigenvalue weighted by Gasteiger charge is 2.43. The molecular formula is C16H12Si6. The van der Waals surface area contributed by atoms with Gasteiger partial charge in [-0.2, -0.15) is 0 Å². The molecule has 0 unspecified atom stereocenters. The molecule has 3 saturated heterocycles. The van der Waals surface area contributed by atoms with Crippen molar-refractivity contribution in [3.8, 4) is 0 Å². The van der Waals surface area contributed by atoms with Gasteiger partial charge < -0.3 is 0 Å². The summed E-state index contributed by atoms with van der Waals surface area (Å²) in [6.45, 7) is 0. The highest BCUT2D eigenvalue weighted by Crippen LogP contribution is 2.30. The minimum Gasteiger partial charge on any atom is -0.0724 e. The molecule has 22 heavy (non-hydrogen) atoms. The van der Waals surface area contributed by atoms with Crippen LogP contribution in [0.4, 0.5) is 0 Å². The molecule has 3 aliphatic heterocycles. The minimum absolute atomic E-state index is 0.631. The Morgan fingerprint density at radius 3 is 1.82 bits per heavy atom. The fourth-order valence-electron chi connectivity index (χ4n) is 2.56. The van der Waals surface area contributed by atoms with Gasteiger partial charge in [0.25, 0.3) is 0 Å². The quantitative estimate of drug-likeness (QED) is 0.568. The molecule has 3 heterocycles.